The van der Waals surface area contributed by atoms with Gasteiger partial charge in [0.25, 0.3) is 0 Å². The topological polar surface area (TPSA) is 132 Å². The number of Topliss-reactive ketones (excluding diaryl/α,β-unsaturated/α-hetero) is 1. The zero-order valence-electron chi connectivity index (χ0n) is 16.4. The third-order valence-electron chi connectivity index (χ3n) is 5.72. The minimum absolute atomic E-state index is 0.00521. The number of ether oxygens (including phenoxy) is 1. The maximum Gasteiger partial charge on any atom is 0.178 e. The number of benzene rings is 1. The molecule has 1 fully saturated rings. The fourth-order valence-electron chi connectivity index (χ4n) is 4.14. The molecule has 5 N–H and O–H groups in total. The molecule has 2 aliphatic rings. The molecule has 0 amide bonds. The maximum absolute atomic E-state index is 12.8. The van der Waals surface area contributed by atoms with E-state index in [2.05, 4.69) is 10.3 Å². The van der Waals surface area contributed by atoms with E-state index >= 15 is 0 Å². The summed E-state index contributed by atoms with van der Waals surface area (Å²) in [6.45, 7) is 1.39. The van der Waals surface area contributed by atoms with Crippen molar-refractivity contribution in [1.29, 1.82) is 0 Å². The smallest absolute Gasteiger partial charge is 0.178 e. The molecule has 158 valence electrons. The zero-order chi connectivity index (χ0) is 21.4. The number of pyridine rings is 1. The van der Waals surface area contributed by atoms with Crippen molar-refractivity contribution in [1.82, 2.24) is 4.98 Å². The normalized spacial score (nSPS) is 29.0. The van der Waals surface area contributed by atoms with Crippen LogP contribution in [-0.2, 0) is 16.0 Å². The average Bonchev–Trinajstić information content (AvgIpc) is 2.74. The van der Waals surface area contributed by atoms with Crippen LogP contribution in [0, 0.1) is 0 Å². The molecule has 1 aliphatic heterocycles. The molecule has 2 heterocycles. The van der Waals surface area contributed by atoms with Gasteiger partial charge in [0.05, 0.1) is 6.61 Å². The number of hydrogen-bond donors (Lipinski definition) is 5. The highest BCUT2D eigenvalue weighted by Crippen LogP contribution is 2.36. The zero-order valence-corrected chi connectivity index (χ0v) is 16.4. The number of nitrogens with one attached hydrogen (secondary N) is 1. The molecular weight excluding hydrogens is 388 g/mol. The van der Waals surface area contributed by atoms with Crippen LogP contribution in [-0.4, -0.2) is 68.4 Å². The number of nitrogens with zero attached hydrogens (tertiary/aromatic N) is 1. The fraction of sp³-hybridized carbons (Fsp3) is 0.364. The number of aromatic nitrogens is 1. The minimum Gasteiger partial charge on any atom is -0.394 e. The van der Waals surface area contributed by atoms with Crippen LogP contribution in [0.2, 0.25) is 0 Å². The van der Waals surface area contributed by atoms with E-state index in [1.807, 2.05) is 25.1 Å². The van der Waals surface area contributed by atoms with E-state index in [0.717, 1.165) is 22.3 Å². The molecule has 0 saturated carbocycles. The van der Waals surface area contributed by atoms with Gasteiger partial charge in [0.2, 0.25) is 0 Å². The van der Waals surface area contributed by atoms with Crippen molar-refractivity contribution in [3.63, 3.8) is 0 Å². The Morgan fingerprint density at radius 2 is 1.87 bits per heavy atom. The Balaban J connectivity index is 1.61. The van der Waals surface area contributed by atoms with Gasteiger partial charge >= 0.3 is 0 Å². The van der Waals surface area contributed by atoms with E-state index in [1.54, 1.807) is 24.5 Å². The van der Waals surface area contributed by atoms with Gasteiger partial charge in [-0.25, -0.2) is 0 Å². The molecule has 2 aromatic rings. The van der Waals surface area contributed by atoms with Gasteiger partial charge in [0.15, 0.2) is 12.1 Å². The van der Waals surface area contributed by atoms with E-state index in [9.17, 15) is 25.2 Å². The van der Waals surface area contributed by atoms with Crippen molar-refractivity contribution in [3.05, 3.63) is 59.4 Å². The lowest BCUT2D eigenvalue weighted by Gasteiger charge is -2.40. The lowest BCUT2D eigenvalue weighted by atomic mass is 9.82. The Hall–Kier alpha value is -2.62. The minimum atomic E-state index is -1.42. The molecule has 8 nitrogen and oxygen atoms in total. The molecule has 4 rings (SSSR count). The second-order valence-corrected chi connectivity index (χ2v) is 7.61. The second-order valence-electron chi connectivity index (χ2n) is 7.61. The SMILES string of the molecule is CC1=C(c2ccncc2)C(=O)Cc2cc(NC3[C@@H](O)OC(CO)[C@H](O)[C@H]3O)ccc21. The number of fused-ring (bicyclic) bond motifs is 1. The predicted octanol–water partition coefficient (Wildman–Crippen LogP) is 0.349. The number of aliphatic hydroxyl groups is 4. The summed E-state index contributed by atoms with van der Waals surface area (Å²) in [5.74, 6) is 0.00521. The van der Waals surface area contributed by atoms with E-state index < -0.39 is 37.3 Å². The quantitative estimate of drug-likeness (QED) is 0.486. The van der Waals surface area contributed by atoms with Crippen molar-refractivity contribution >= 4 is 22.6 Å². The molecular formula is C22H24N2O6. The summed E-state index contributed by atoms with van der Waals surface area (Å²) in [6.07, 6.45) is -1.63. The molecule has 0 bridgehead atoms. The number of allylic oxidation sites excluding steroid dienone is 2. The Morgan fingerprint density at radius 3 is 2.57 bits per heavy atom. The third kappa shape index (κ3) is 3.64. The van der Waals surface area contributed by atoms with Gasteiger partial charge in [-0.3, -0.25) is 9.78 Å². The number of aliphatic hydroxyl groups excluding tert-OH is 4. The number of anilines is 1. The Bertz CT molecular complexity index is 977. The lowest BCUT2D eigenvalue weighted by molar-refractivity contribution is -0.245. The lowest BCUT2D eigenvalue weighted by Crippen LogP contribution is -2.61. The standard InChI is InChI=1S/C22H24N2O6/c1-11-15-3-2-14(24-19-21(28)20(27)17(10-25)30-22(19)29)8-13(15)9-16(26)18(11)12-4-6-23-7-5-12/h2-8,17,19-22,24-25,27-29H,9-10H2,1H3/t17?,19?,20-,21-,22-/m0/s1. The van der Waals surface area contributed by atoms with Gasteiger partial charge in [0, 0.05) is 30.1 Å². The first-order valence-corrected chi connectivity index (χ1v) is 9.75. The molecule has 2 unspecified atom stereocenters. The van der Waals surface area contributed by atoms with Crippen LogP contribution in [0.3, 0.4) is 0 Å². The molecule has 0 spiro atoms. The van der Waals surface area contributed by atoms with Gasteiger partial charge in [-0.1, -0.05) is 6.07 Å². The maximum atomic E-state index is 12.8. The number of hydrogen-bond acceptors (Lipinski definition) is 8. The van der Waals surface area contributed by atoms with E-state index in [-0.39, 0.29) is 12.2 Å². The summed E-state index contributed by atoms with van der Waals surface area (Å²) < 4.78 is 5.18. The van der Waals surface area contributed by atoms with Crippen molar-refractivity contribution < 1.29 is 30.0 Å². The van der Waals surface area contributed by atoms with Gasteiger partial charge in [0.1, 0.15) is 24.4 Å². The first kappa shape index (κ1) is 20.6. The molecule has 0 radical (unpaired) electrons. The van der Waals surface area contributed by atoms with Crippen molar-refractivity contribution in [2.45, 2.75) is 44.0 Å². The summed E-state index contributed by atoms with van der Waals surface area (Å²) in [4.78, 5) is 16.8. The summed E-state index contributed by atoms with van der Waals surface area (Å²) in [5, 5.41) is 42.7. The van der Waals surface area contributed by atoms with Crippen molar-refractivity contribution in [3.8, 4) is 0 Å². The molecule has 30 heavy (non-hydrogen) atoms. The Labute approximate surface area is 173 Å². The third-order valence-corrected chi connectivity index (χ3v) is 5.72. The molecule has 8 heteroatoms. The van der Waals surface area contributed by atoms with Crippen LogP contribution in [0.5, 0.6) is 0 Å². The first-order valence-electron chi connectivity index (χ1n) is 9.75. The van der Waals surface area contributed by atoms with Crippen LogP contribution in [0.4, 0.5) is 5.69 Å². The first-order chi connectivity index (χ1) is 14.4. The van der Waals surface area contributed by atoms with Crippen molar-refractivity contribution in [2.24, 2.45) is 0 Å². The van der Waals surface area contributed by atoms with Crippen molar-refractivity contribution in [2.75, 3.05) is 11.9 Å². The number of ketones is 1. The molecule has 1 aromatic heterocycles. The van der Waals surface area contributed by atoms with Crippen LogP contribution < -0.4 is 5.32 Å². The second kappa shape index (κ2) is 8.25. The summed E-state index contributed by atoms with van der Waals surface area (Å²) in [7, 11) is 0. The van der Waals surface area contributed by atoms with Gasteiger partial charge < -0.3 is 30.5 Å². The van der Waals surface area contributed by atoms with E-state index in [1.165, 1.54) is 0 Å². The van der Waals surface area contributed by atoms with Crippen LogP contribution in [0.1, 0.15) is 23.6 Å². The number of rotatable bonds is 4. The molecule has 5 atom stereocenters. The molecule has 1 aromatic carbocycles. The Morgan fingerprint density at radius 1 is 1.13 bits per heavy atom. The fourth-order valence-corrected chi connectivity index (χ4v) is 4.14. The predicted molar refractivity (Wildman–Crippen MR) is 109 cm³/mol. The van der Waals surface area contributed by atoms with Gasteiger partial charge in [-0.2, -0.15) is 0 Å². The monoisotopic (exact) mass is 412 g/mol. The van der Waals surface area contributed by atoms with Crippen LogP contribution >= 0.6 is 0 Å². The summed E-state index contributed by atoms with van der Waals surface area (Å²) in [5.41, 5.74) is 4.74. The largest absolute Gasteiger partial charge is 0.394 e. The van der Waals surface area contributed by atoms with E-state index in [0.29, 0.717) is 11.3 Å². The van der Waals surface area contributed by atoms with Gasteiger partial charge in [-0.15, -0.1) is 0 Å². The highest BCUT2D eigenvalue weighted by Gasteiger charge is 2.43. The summed E-state index contributed by atoms with van der Waals surface area (Å²) in [6, 6.07) is 8.10. The van der Waals surface area contributed by atoms with Crippen LogP contribution in [0.15, 0.2) is 42.7 Å². The van der Waals surface area contributed by atoms with Crippen LogP contribution in [0.25, 0.3) is 11.1 Å². The summed E-state index contributed by atoms with van der Waals surface area (Å²) >= 11 is 0. The molecule has 1 saturated heterocycles. The Kier molecular flexibility index (Phi) is 5.68. The highest BCUT2D eigenvalue weighted by atomic mass is 16.6. The highest BCUT2D eigenvalue weighted by molar-refractivity contribution is 6.30. The number of carbonyl (C=O) groups excluding carboxylic acids is 1. The molecule has 1 aliphatic carbocycles. The number of carbonyl (C=O) groups is 1. The van der Waals surface area contributed by atoms with Gasteiger partial charge in [-0.05, 0) is 53.5 Å². The van der Waals surface area contributed by atoms with E-state index in [4.69, 9.17) is 4.74 Å². The average molecular weight is 412 g/mol.